The van der Waals surface area contributed by atoms with Gasteiger partial charge in [0.1, 0.15) is 22.1 Å². The van der Waals surface area contributed by atoms with Crippen LogP contribution in [0.3, 0.4) is 0 Å². The summed E-state index contributed by atoms with van der Waals surface area (Å²) in [6, 6.07) is 5.73. The number of aromatic nitrogens is 3. The molecule has 0 bridgehead atoms. The van der Waals surface area contributed by atoms with E-state index in [1.54, 1.807) is 19.3 Å². The lowest BCUT2D eigenvalue weighted by Crippen LogP contribution is -1.97. The van der Waals surface area contributed by atoms with Crippen molar-refractivity contribution in [3.05, 3.63) is 40.4 Å². The predicted molar refractivity (Wildman–Crippen MR) is 62.1 cm³/mol. The molecule has 0 fully saturated rings. The van der Waals surface area contributed by atoms with E-state index in [-0.39, 0.29) is 0 Å². The molecule has 0 amide bonds. The molecule has 0 aliphatic heterocycles. The summed E-state index contributed by atoms with van der Waals surface area (Å²) >= 11 is 5.05. The highest BCUT2D eigenvalue weighted by atomic mass is 32.1. The van der Waals surface area contributed by atoms with Gasteiger partial charge in [-0.1, -0.05) is 12.2 Å². The number of pyridine rings is 1. The molecule has 0 unspecified atom stereocenters. The Morgan fingerprint density at radius 1 is 1.50 bits per heavy atom. The van der Waals surface area contributed by atoms with Crippen molar-refractivity contribution < 1.29 is 0 Å². The van der Waals surface area contributed by atoms with E-state index in [0.717, 1.165) is 11.3 Å². The lowest BCUT2D eigenvalue weighted by atomic mass is 10.2. The van der Waals surface area contributed by atoms with Gasteiger partial charge in [-0.2, -0.15) is 5.26 Å². The number of hydrogen-bond donors (Lipinski definition) is 1. The zero-order valence-corrected chi connectivity index (χ0v) is 9.38. The molecule has 2 rings (SSSR count). The molecule has 0 atom stereocenters. The van der Waals surface area contributed by atoms with Crippen LogP contribution in [0, 0.1) is 22.9 Å². The third kappa shape index (κ3) is 1.83. The highest BCUT2D eigenvalue weighted by Crippen LogP contribution is 2.15. The Hall–Kier alpha value is -2.06. The van der Waals surface area contributed by atoms with Gasteiger partial charge in [-0.3, -0.25) is 4.98 Å². The van der Waals surface area contributed by atoms with Gasteiger partial charge in [0.2, 0.25) is 0 Å². The molecule has 0 radical (unpaired) electrons. The van der Waals surface area contributed by atoms with Gasteiger partial charge < -0.3 is 4.98 Å². The topological polar surface area (TPSA) is 65.4 Å². The first-order chi connectivity index (χ1) is 7.72. The van der Waals surface area contributed by atoms with Crippen LogP contribution in [0.15, 0.2) is 24.5 Å². The van der Waals surface area contributed by atoms with E-state index in [9.17, 15) is 0 Å². The van der Waals surface area contributed by atoms with Crippen molar-refractivity contribution in [2.24, 2.45) is 0 Å². The number of nitriles is 1. The average Bonchev–Trinajstić information content (AvgIpc) is 2.30. The Bertz CT molecular complexity index is 610. The largest absolute Gasteiger partial charge is 0.342 e. The number of aromatic amines is 1. The van der Waals surface area contributed by atoms with Crippen molar-refractivity contribution >= 4 is 12.2 Å². The maximum atomic E-state index is 8.87. The first kappa shape index (κ1) is 10.5. The Morgan fingerprint density at radius 3 is 2.88 bits per heavy atom. The minimum absolute atomic E-state index is 0.317. The van der Waals surface area contributed by atoms with E-state index >= 15 is 0 Å². The molecule has 0 saturated heterocycles. The predicted octanol–water partition coefficient (Wildman–Crippen LogP) is 2.38. The van der Waals surface area contributed by atoms with Crippen molar-refractivity contribution in [1.82, 2.24) is 15.0 Å². The number of aryl methyl sites for hydroxylation is 1. The van der Waals surface area contributed by atoms with Crippen molar-refractivity contribution in [1.29, 1.82) is 5.26 Å². The van der Waals surface area contributed by atoms with Crippen LogP contribution in [-0.2, 0) is 0 Å². The smallest absolute Gasteiger partial charge is 0.148 e. The van der Waals surface area contributed by atoms with Crippen LogP contribution in [0.5, 0.6) is 0 Å². The van der Waals surface area contributed by atoms with Crippen molar-refractivity contribution in [3.63, 3.8) is 0 Å². The molecule has 1 N–H and O–H groups in total. The third-order valence-corrected chi connectivity index (χ3v) is 2.45. The second-order valence-electron chi connectivity index (χ2n) is 3.24. The molecule has 2 aromatic rings. The van der Waals surface area contributed by atoms with E-state index in [1.807, 2.05) is 18.2 Å². The Balaban J connectivity index is 2.63. The maximum Gasteiger partial charge on any atom is 0.148 e. The summed E-state index contributed by atoms with van der Waals surface area (Å²) in [5.74, 6) is 0.634. The Kier molecular flexibility index (Phi) is 2.75. The number of nitrogens with one attached hydrogen (secondary N) is 1. The molecule has 0 aliphatic rings. The quantitative estimate of drug-likeness (QED) is 0.761. The van der Waals surface area contributed by atoms with Crippen LogP contribution in [-0.4, -0.2) is 15.0 Å². The summed E-state index contributed by atoms with van der Waals surface area (Å²) < 4.78 is 0.317. The monoisotopic (exact) mass is 228 g/mol. The Morgan fingerprint density at radius 2 is 2.31 bits per heavy atom. The minimum Gasteiger partial charge on any atom is -0.342 e. The third-order valence-electron chi connectivity index (χ3n) is 2.15. The summed E-state index contributed by atoms with van der Waals surface area (Å²) in [4.78, 5) is 11.2. The molecule has 0 saturated carbocycles. The molecule has 0 spiro atoms. The molecule has 16 heavy (non-hydrogen) atoms. The summed E-state index contributed by atoms with van der Waals surface area (Å²) in [5, 5.41) is 8.87. The van der Waals surface area contributed by atoms with Crippen LogP contribution in [0.25, 0.3) is 11.4 Å². The molecular formula is C11H8N4S. The summed E-state index contributed by atoms with van der Waals surface area (Å²) in [7, 11) is 0. The molecule has 2 aromatic heterocycles. The zero-order valence-electron chi connectivity index (χ0n) is 8.56. The number of hydrogen-bond acceptors (Lipinski definition) is 4. The fraction of sp³-hybridized carbons (Fsp3) is 0.0909. The lowest BCUT2D eigenvalue weighted by molar-refractivity contribution is 1.08. The summed E-state index contributed by atoms with van der Waals surface area (Å²) in [5.41, 5.74) is 1.99. The van der Waals surface area contributed by atoms with Crippen LogP contribution < -0.4 is 0 Å². The highest BCUT2D eigenvalue weighted by molar-refractivity contribution is 7.71. The Labute approximate surface area is 97.6 Å². The lowest BCUT2D eigenvalue weighted by Gasteiger charge is -2.03. The second kappa shape index (κ2) is 4.21. The number of nitrogens with zero attached hydrogens (tertiary/aromatic N) is 3. The van der Waals surface area contributed by atoms with Crippen LogP contribution in [0.1, 0.15) is 11.3 Å². The molecule has 0 aliphatic carbocycles. The van der Waals surface area contributed by atoms with Gasteiger partial charge in [0.05, 0.1) is 0 Å². The fourth-order valence-electron chi connectivity index (χ4n) is 1.36. The minimum atomic E-state index is 0.317. The summed E-state index contributed by atoms with van der Waals surface area (Å²) in [6.45, 7) is 1.80. The van der Waals surface area contributed by atoms with Crippen molar-refractivity contribution in [2.45, 2.75) is 6.92 Å². The molecule has 0 aromatic carbocycles. The first-order valence-corrected chi connectivity index (χ1v) is 5.04. The second-order valence-corrected chi connectivity index (χ2v) is 3.63. The van der Waals surface area contributed by atoms with Gasteiger partial charge in [0, 0.05) is 23.7 Å². The van der Waals surface area contributed by atoms with Crippen molar-refractivity contribution in [2.75, 3.05) is 0 Å². The van der Waals surface area contributed by atoms with Gasteiger partial charge in [-0.15, -0.1) is 0 Å². The van der Waals surface area contributed by atoms with Gasteiger partial charge >= 0.3 is 0 Å². The standard InChI is InChI=1S/C11H8N4S/c1-7-9(5-12)11(16)15-10(14-7)8-3-2-4-13-6-8/h2-4,6H,1H3,(H,14,15,16). The molecule has 5 heteroatoms. The average molecular weight is 228 g/mol. The SMILES string of the molecule is Cc1[nH]c(-c2cccnc2)nc(=S)c1C#N. The van der Waals surface area contributed by atoms with E-state index in [0.29, 0.717) is 16.0 Å². The highest BCUT2D eigenvalue weighted by Gasteiger charge is 2.05. The van der Waals surface area contributed by atoms with E-state index in [4.69, 9.17) is 17.5 Å². The number of H-pyrrole nitrogens is 1. The van der Waals surface area contributed by atoms with Crippen LogP contribution >= 0.6 is 12.2 Å². The van der Waals surface area contributed by atoms with Gasteiger partial charge in [0.25, 0.3) is 0 Å². The summed E-state index contributed by atoms with van der Waals surface area (Å²) in [6.07, 6.45) is 3.38. The van der Waals surface area contributed by atoms with E-state index < -0.39 is 0 Å². The maximum absolute atomic E-state index is 8.87. The number of rotatable bonds is 1. The van der Waals surface area contributed by atoms with Gasteiger partial charge in [-0.25, -0.2) is 4.98 Å². The molecular weight excluding hydrogens is 220 g/mol. The zero-order chi connectivity index (χ0) is 11.5. The van der Waals surface area contributed by atoms with Gasteiger partial charge in [0.15, 0.2) is 0 Å². The van der Waals surface area contributed by atoms with Gasteiger partial charge in [-0.05, 0) is 19.1 Å². The van der Waals surface area contributed by atoms with Crippen molar-refractivity contribution in [3.8, 4) is 17.5 Å². The fourth-order valence-corrected chi connectivity index (χ4v) is 1.65. The molecule has 78 valence electrons. The first-order valence-electron chi connectivity index (χ1n) is 4.64. The molecule has 2 heterocycles. The van der Waals surface area contributed by atoms with Crippen LogP contribution in [0.4, 0.5) is 0 Å². The molecule has 4 nitrogen and oxygen atoms in total. The van der Waals surface area contributed by atoms with Crippen LogP contribution in [0.2, 0.25) is 0 Å². The van der Waals surface area contributed by atoms with E-state index in [2.05, 4.69) is 15.0 Å². The normalized spacial score (nSPS) is 9.75. The van der Waals surface area contributed by atoms with E-state index in [1.165, 1.54) is 0 Å².